The molecule has 0 aliphatic carbocycles. The van der Waals surface area contributed by atoms with Crippen LogP contribution in [-0.4, -0.2) is 132 Å². The summed E-state index contributed by atoms with van der Waals surface area (Å²) in [5, 5.41) is 52.5. The minimum absolute atomic E-state index is 0.120. The molecule has 28 heteroatoms. The number of aliphatic hydroxyl groups is 1. The molecule has 28 nitrogen and oxygen atoms in total. The first-order chi connectivity index (χ1) is 43.9. The number of benzene rings is 2. The maximum Gasteiger partial charge on any atom is 0.214 e. The number of hydrogen-bond donors (Lipinski definition) is 3. The van der Waals surface area contributed by atoms with Gasteiger partial charge in [-0.25, -0.2) is 14.0 Å². The highest BCUT2D eigenvalue weighted by molar-refractivity contribution is 6.07. The highest BCUT2D eigenvalue weighted by atomic mass is 16.3. The lowest BCUT2D eigenvalue weighted by molar-refractivity contribution is 0.102. The Morgan fingerprint density at radius 1 is 0.533 bits per heavy atom. The topological polar surface area (TPSA) is 341 Å². The van der Waals surface area contributed by atoms with Crippen LogP contribution in [0, 0.1) is 0 Å². The average molecular weight is 1200 g/mol. The van der Waals surface area contributed by atoms with Gasteiger partial charge in [0, 0.05) is 162 Å². The second-order valence-electron chi connectivity index (χ2n) is 19.6. The minimum Gasteiger partial charge on any atom is -0.382 e. The van der Waals surface area contributed by atoms with Crippen molar-refractivity contribution in [2.45, 2.75) is 18.2 Å². The van der Waals surface area contributed by atoms with Crippen LogP contribution in [0.3, 0.4) is 0 Å². The van der Waals surface area contributed by atoms with Crippen molar-refractivity contribution in [3.63, 3.8) is 0 Å². The molecule has 0 aliphatic heterocycles. The Morgan fingerprint density at radius 2 is 1.12 bits per heavy atom. The lowest BCUT2D eigenvalue weighted by atomic mass is 10.0. The van der Waals surface area contributed by atoms with Gasteiger partial charge >= 0.3 is 0 Å². The summed E-state index contributed by atoms with van der Waals surface area (Å²) < 4.78 is 10.2. The van der Waals surface area contributed by atoms with Gasteiger partial charge in [-0.15, -0.1) is 25.5 Å². The molecule has 452 valence electrons. The van der Waals surface area contributed by atoms with Crippen molar-refractivity contribution in [2.75, 3.05) is 5.32 Å². The van der Waals surface area contributed by atoms with Gasteiger partial charge in [0.1, 0.15) is 11.8 Å². The summed E-state index contributed by atoms with van der Waals surface area (Å²) in [5.74, 6) is -0.120. The first kappa shape index (κ1) is 62.4. The van der Waals surface area contributed by atoms with Gasteiger partial charge in [0.2, 0.25) is 5.78 Å². The fourth-order valence-electron chi connectivity index (χ4n) is 8.83. The first-order valence-corrected chi connectivity index (χ1v) is 27.6. The largest absolute Gasteiger partial charge is 0.382 e. The van der Waals surface area contributed by atoms with Gasteiger partial charge in [-0.2, -0.15) is 0 Å². The molecule has 14 rings (SSSR count). The summed E-state index contributed by atoms with van der Waals surface area (Å²) in [7, 11) is 11.0. The fourth-order valence-corrected chi connectivity index (χ4v) is 8.83. The SMILES string of the molecule is Cn1ccnn1.Cn1nncc1C(=O)c1cccnc1.Cn1nncc1C(N)c1cccnc1.Cn1nncc1C(Nc1cc(-c2ccc3ccn(C)c3c2)c2nccnc2c1)c1cccnc1.Cn1nncc1C(O)c1cccnc1.O=Cc1cccnc1. The predicted octanol–water partition coefficient (Wildman–Crippen LogP) is 6.21. The van der Waals surface area contributed by atoms with Gasteiger partial charge in [0.25, 0.3) is 0 Å². The quantitative estimate of drug-likeness (QED) is 0.0903. The lowest BCUT2D eigenvalue weighted by Crippen LogP contribution is -2.16. The Hall–Kier alpha value is -12.2. The van der Waals surface area contributed by atoms with Crippen LogP contribution in [0.15, 0.2) is 215 Å². The molecule has 2 aromatic carbocycles. The molecule has 0 radical (unpaired) electrons. The van der Waals surface area contributed by atoms with Crippen molar-refractivity contribution in [1.29, 1.82) is 0 Å². The Morgan fingerprint density at radius 3 is 1.66 bits per heavy atom. The number of carbonyl (C=O) groups is 2. The highest BCUT2D eigenvalue weighted by Crippen LogP contribution is 2.35. The van der Waals surface area contributed by atoms with Crippen molar-refractivity contribution >= 4 is 39.7 Å². The molecule has 0 saturated carbocycles. The summed E-state index contributed by atoms with van der Waals surface area (Å²) in [6.07, 6.45) is 32.1. The van der Waals surface area contributed by atoms with E-state index in [4.69, 9.17) is 5.73 Å². The third kappa shape index (κ3) is 16.2. The predicted molar refractivity (Wildman–Crippen MR) is 332 cm³/mol. The monoisotopic (exact) mass is 1200 g/mol. The molecule has 3 atom stereocenters. The number of rotatable bonds is 12. The Kier molecular flexibility index (Phi) is 21.3. The van der Waals surface area contributed by atoms with E-state index >= 15 is 0 Å². The van der Waals surface area contributed by atoms with E-state index in [1.165, 1.54) is 45.1 Å². The Balaban J connectivity index is 0.000000143. The molecule has 4 N–H and O–H groups in total. The van der Waals surface area contributed by atoms with Gasteiger partial charge in [-0.1, -0.05) is 56.4 Å². The van der Waals surface area contributed by atoms with Crippen molar-refractivity contribution in [3.05, 3.63) is 265 Å². The maximum atomic E-state index is 11.8. The molecule has 12 aromatic heterocycles. The first-order valence-electron chi connectivity index (χ1n) is 27.6. The van der Waals surface area contributed by atoms with Crippen molar-refractivity contribution in [1.82, 2.24) is 114 Å². The Bertz CT molecular complexity index is 4380. The average Bonchev–Trinajstić information content (AvgIpc) is 1.12. The molecular formula is C62H61N25O3. The number of aromatic nitrogens is 23. The molecule has 0 spiro atoms. The number of aliphatic hydroxyl groups excluding tert-OH is 1. The van der Waals surface area contributed by atoms with E-state index in [1.807, 2.05) is 63.7 Å². The number of aryl methyl sites for hydroxylation is 6. The van der Waals surface area contributed by atoms with Crippen LogP contribution >= 0.6 is 0 Å². The third-order valence-corrected chi connectivity index (χ3v) is 13.5. The van der Waals surface area contributed by atoms with E-state index in [0.29, 0.717) is 22.5 Å². The smallest absolute Gasteiger partial charge is 0.214 e. The number of pyridine rings is 5. The van der Waals surface area contributed by atoms with Crippen molar-refractivity contribution in [2.24, 2.45) is 48.0 Å². The summed E-state index contributed by atoms with van der Waals surface area (Å²) in [6.45, 7) is 0. The highest BCUT2D eigenvalue weighted by Gasteiger charge is 2.21. The van der Waals surface area contributed by atoms with Gasteiger partial charge < -0.3 is 20.7 Å². The van der Waals surface area contributed by atoms with Crippen molar-refractivity contribution < 1.29 is 14.7 Å². The number of nitrogens with zero attached hydrogens (tertiary/aromatic N) is 23. The van der Waals surface area contributed by atoms with Crippen LogP contribution in [0.5, 0.6) is 0 Å². The van der Waals surface area contributed by atoms with Crippen LogP contribution in [0.2, 0.25) is 0 Å². The molecule has 14 aromatic rings. The molecule has 0 aliphatic rings. The molecular weight excluding hydrogens is 1140 g/mol. The van der Waals surface area contributed by atoms with E-state index in [-0.39, 0.29) is 17.9 Å². The van der Waals surface area contributed by atoms with E-state index in [1.54, 1.807) is 139 Å². The second kappa shape index (κ2) is 30.8. The zero-order valence-corrected chi connectivity index (χ0v) is 49.6. The second-order valence-corrected chi connectivity index (χ2v) is 19.6. The maximum absolute atomic E-state index is 11.8. The van der Waals surface area contributed by atoms with E-state index in [0.717, 1.165) is 62.2 Å². The van der Waals surface area contributed by atoms with Gasteiger partial charge in [-0.05, 0) is 88.8 Å². The van der Waals surface area contributed by atoms with E-state index < -0.39 is 6.10 Å². The van der Waals surface area contributed by atoms with E-state index in [2.05, 4.69) is 140 Å². The summed E-state index contributed by atoms with van der Waals surface area (Å²) in [6, 6.07) is 30.6. The third-order valence-electron chi connectivity index (χ3n) is 13.5. The number of anilines is 1. The molecule has 3 unspecified atom stereocenters. The molecule has 0 bridgehead atoms. The summed E-state index contributed by atoms with van der Waals surface area (Å²) in [4.78, 5) is 50.9. The zero-order valence-electron chi connectivity index (χ0n) is 49.6. The Labute approximate surface area is 514 Å². The number of ketones is 1. The number of fused-ring (bicyclic) bond motifs is 2. The fraction of sp³-hybridized carbons (Fsp3) is 0.145. The molecule has 0 amide bonds. The summed E-state index contributed by atoms with van der Waals surface area (Å²) >= 11 is 0. The van der Waals surface area contributed by atoms with Crippen LogP contribution in [0.25, 0.3) is 33.1 Å². The molecule has 0 fully saturated rings. The lowest BCUT2D eigenvalue weighted by Gasteiger charge is -2.21. The summed E-state index contributed by atoms with van der Waals surface area (Å²) in [5.41, 5.74) is 18.7. The number of hydrogen-bond acceptors (Lipinski definition) is 22. The standard InChI is InChI=1S/C26H22N8.C9H11N5.C9H10N4O.C9H8N4O.C6H5NO.C3H5N3/c1-33-11-7-17-5-6-18(12-23(17)33)21-13-20(14-22-26(21)29-10-9-28-22)31-25(19-4-3-8-27-15-19)24-16-30-32-34(24)2;1-14-8(6-12-13-14)9(10)7-3-2-4-11-5-7;2*1-13-8(6-11-12-13)9(14)7-3-2-4-10-5-7;8-5-6-2-1-3-7-4-6;1-6-3-2-4-5-6/h3-16,25,31H,1-2H3;2-6,9H,10H2,1H3;2-6,9,14H,1H3;2-6H,1H3;1-5H;2-3H,1H3. The number of nitrogens with two attached hydrogens (primary N) is 1. The number of nitrogens with one attached hydrogen (secondary N) is 1. The van der Waals surface area contributed by atoms with Crippen LogP contribution in [0.1, 0.15) is 78.4 Å². The van der Waals surface area contributed by atoms with Crippen LogP contribution in [0.4, 0.5) is 5.69 Å². The van der Waals surface area contributed by atoms with Crippen molar-refractivity contribution in [3.8, 4) is 11.1 Å². The van der Waals surface area contributed by atoms with E-state index in [9.17, 15) is 14.7 Å². The molecule has 0 saturated heterocycles. The van der Waals surface area contributed by atoms with Gasteiger partial charge in [0.05, 0.1) is 71.2 Å². The minimum atomic E-state index is -0.719. The van der Waals surface area contributed by atoms with Crippen LogP contribution in [-0.2, 0) is 42.3 Å². The van der Waals surface area contributed by atoms with Crippen LogP contribution < -0.4 is 11.1 Å². The molecule has 12 heterocycles. The number of carbonyl (C=O) groups excluding carboxylic acids is 2. The van der Waals surface area contributed by atoms with Gasteiger partial charge in [-0.3, -0.25) is 53.8 Å². The zero-order chi connectivity index (χ0) is 63.2. The normalized spacial score (nSPS) is 11.5. The van der Waals surface area contributed by atoms with Gasteiger partial charge in [0.15, 0.2) is 6.29 Å². The number of aldehydes is 1. The molecule has 90 heavy (non-hydrogen) atoms.